The number of rotatable bonds is 6. The molecule has 0 aliphatic heterocycles. The van der Waals surface area contributed by atoms with E-state index in [1.807, 2.05) is 32.2 Å². The Morgan fingerprint density at radius 1 is 1.16 bits per heavy atom. The van der Waals surface area contributed by atoms with Crippen LogP contribution in [0.3, 0.4) is 0 Å². The van der Waals surface area contributed by atoms with Crippen LogP contribution in [0.2, 0.25) is 0 Å². The zero-order chi connectivity index (χ0) is 13.7. The van der Waals surface area contributed by atoms with Crippen molar-refractivity contribution in [1.29, 1.82) is 0 Å². The Kier molecular flexibility index (Phi) is 4.88. The van der Waals surface area contributed by atoms with E-state index in [9.17, 15) is 4.79 Å². The molecule has 3 heteroatoms. The van der Waals surface area contributed by atoms with Crippen LogP contribution < -0.4 is 0 Å². The van der Waals surface area contributed by atoms with Gasteiger partial charge in [0.15, 0.2) is 5.78 Å². The van der Waals surface area contributed by atoms with Crippen LogP contribution in [0.4, 0.5) is 0 Å². The topological polar surface area (TPSA) is 20.3 Å². The lowest BCUT2D eigenvalue weighted by Gasteiger charge is -2.15. The van der Waals surface area contributed by atoms with Gasteiger partial charge in [-0.3, -0.25) is 9.69 Å². The van der Waals surface area contributed by atoms with E-state index in [1.165, 1.54) is 10.4 Å². The van der Waals surface area contributed by atoms with Crippen molar-refractivity contribution in [2.75, 3.05) is 20.1 Å². The zero-order valence-corrected chi connectivity index (χ0v) is 12.2. The Balaban J connectivity index is 1.81. The Hall–Kier alpha value is -1.45. The first-order valence-electron chi connectivity index (χ1n) is 6.47. The van der Waals surface area contributed by atoms with Crippen molar-refractivity contribution in [3.63, 3.8) is 0 Å². The van der Waals surface area contributed by atoms with Crippen LogP contribution in [0.25, 0.3) is 0 Å². The molecule has 0 amide bonds. The molecular weight excluding hydrogens is 254 g/mol. The summed E-state index contributed by atoms with van der Waals surface area (Å²) in [5.41, 5.74) is 1.31. The second kappa shape index (κ2) is 6.64. The van der Waals surface area contributed by atoms with Gasteiger partial charge in [-0.2, -0.15) is 0 Å². The number of aryl methyl sites for hydroxylation is 1. The Bertz CT molecular complexity index is 533. The van der Waals surface area contributed by atoms with E-state index >= 15 is 0 Å². The molecule has 0 unspecified atom stereocenters. The molecule has 1 aromatic heterocycles. The third-order valence-corrected chi connectivity index (χ3v) is 4.10. The first kappa shape index (κ1) is 14.0. The van der Waals surface area contributed by atoms with Crippen molar-refractivity contribution in [1.82, 2.24) is 4.90 Å². The largest absolute Gasteiger partial charge is 0.299 e. The molecule has 0 aliphatic carbocycles. The van der Waals surface area contributed by atoms with Gasteiger partial charge in [0.2, 0.25) is 0 Å². The third kappa shape index (κ3) is 4.30. The van der Waals surface area contributed by atoms with E-state index in [0.29, 0.717) is 6.54 Å². The number of ketones is 1. The van der Waals surface area contributed by atoms with E-state index in [2.05, 4.69) is 29.2 Å². The summed E-state index contributed by atoms with van der Waals surface area (Å²) in [6.07, 6.45) is 0.980. The summed E-state index contributed by atoms with van der Waals surface area (Å²) in [4.78, 5) is 16.2. The van der Waals surface area contributed by atoms with Gasteiger partial charge in [-0.1, -0.05) is 30.3 Å². The van der Waals surface area contributed by atoms with Crippen molar-refractivity contribution in [3.05, 3.63) is 57.8 Å². The Morgan fingerprint density at radius 3 is 2.53 bits per heavy atom. The summed E-state index contributed by atoms with van der Waals surface area (Å²) >= 11 is 1.58. The predicted octanol–water partition coefficient (Wildman–Crippen LogP) is 3.41. The molecular formula is C16H19NOS. The highest BCUT2D eigenvalue weighted by molar-refractivity contribution is 7.14. The van der Waals surface area contributed by atoms with E-state index in [1.54, 1.807) is 11.3 Å². The molecule has 19 heavy (non-hydrogen) atoms. The number of hydrogen-bond acceptors (Lipinski definition) is 3. The van der Waals surface area contributed by atoms with Crippen LogP contribution in [-0.4, -0.2) is 30.8 Å². The van der Waals surface area contributed by atoms with E-state index in [0.717, 1.165) is 17.8 Å². The number of Topliss-reactive ketones (excluding diaryl/α,β-unsaturated/α-hetero) is 1. The molecule has 2 aromatic rings. The zero-order valence-electron chi connectivity index (χ0n) is 11.4. The maximum Gasteiger partial charge on any atom is 0.186 e. The summed E-state index contributed by atoms with van der Waals surface area (Å²) in [5, 5.41) is 0. The van der Waals surface area contributed by atoms with Gasteiger partial charge in [0, 0.05) is 11.4 Å². The van der Waals surface area contributed by atoms with Gasteiger partial charge in [0.25, 0.3) is 0 Å². The maximum atomic E-state index is 12.0. The summed E-state index contributed by atoms with van der Waals surface area (Å²) < 4.78 is 0. The minimum Gasteiger partial charge on any atom is -0.299 e. The fraction of sp³-hybridized carbons (Fsp3) is 0.312. The van der Waals surface area contributed by atoms with Crippen molar-refractivity contribution < 1.29 is 4.79 Å². The molecule has 2 nitrogen and oxygen atoms in total. The number of hydrogen-bond donors (Lipinski definition) is 0. The average molecular weight is 273 g/mol. The highest BCUT2D eigenvalue weighted by Gasteiger charge is 2.11. The molecule has 0 N–H and O–H groups in total. The van der Waals surface area contributed by atoms with Crippen LogP contribution in [0.15, 0.2) is 42.5 Å². The van der Waals surface area contributed by atoms with Crippen molar-refractivity contribution >= 4 is 17.1 Å². The molecule has 0 bridgehead atoms. The summed E-state index contributed by atoms with van der Waals surface area (Å²) in [6, 6.07) is 14.3. The average Bonchev–Trinajstić information content (AvgIpc) is 2.84. The van der Waals surface area contributed by atoms with Crippen molar-refractivity contribution in [2.45, 2.75) is 13.3 Å². The molecule has 0 saturated heterocycles. The smallest absolute Gasteiger partial charge is 0.186 e. The summed E-state index contributed by atoms with van der Waals surface area (Å²) in [7, 11) is 2.00. The van der Waals surface area contributed by atoms with Crippen LogP contribution in [0, 0.1) is 6.92 Å². The van der Waals surface area contributed by atoms with Crippen LogP contribution >= 0.6 is 11.3 Å². The van der Waals surface area contributed by atoms with Crippen LogP contribution in [-0.2, 0) is 6.42 Å². The third-order valence-electron chi connectivity index (χ3n) is 3.05. The van der Waals surface area contributed by atoms with Gasteiger partial charge in [-0.25, -0.2) is 0 Å². The monoisotopic (exact) mass is 273 g/mol. The second-order valence-corrected chi connectivity index (χ2v) is 6.09. The molecule has 1 heterocycles. The molecule has 0 atom stereocenters. The molecule has 0 radical (unpaired) electrons. The van der Waals surface area contributed by atoms with Gasteiger partial charge in [-0.15, -0.1) is 11.3 Å². The number of benzene rings is 1. The predicted molar refractivity (Wildman–Crippen MR) is 81.0 cm³/mol. The number of nitrogens with zero attached hydrogens (tertiary/aromatic N) is 1. The number of carbonyl (C=O) groups excluding carboxylic acids is 1. The van der Waals surface area contributed by atoms with Gasteiger partial charge in [-0.05, 0) is 38.1 Å². The van der Waals surface area contributed by atoms with Gasteiger partial charge in [0.05, 0.1) is 11.4 Å². The molecule has 2 rings (SSSR count). The first-order valence-corrected chi connectivity index (χ1v) is 7.29. The lowest BCUT2D eigenvalue weighted by molar-refractivity contribution is 0.0951. The maximum absolute atomic E-state index is 12.0. The minimum atomic E-state index is 0.216. The molecule has 1 aromatic carbocycles. The van der Waals surface area contributed by atoms with Crippen LogP contribution in [0.5, 0.6) is 0 Å². The van der Waals surface area contributed by atoms with Gasteiger partial charge < -0.3 is 0 Å². The molecule has 0 fully saturated rings. The molecule has 100 valence electrons. The second-order valence-electron chi connectivity index (χ2n) is 4.81. The van der Waals surface area contributed by atoms with Crippen LogP contribution in [0.1, 0.15) is 20.1 Å². The lowest BCUT2D eigenvalue weighted by atomic mass is 10.1. The number of thiophene rings is 1. The number of carbonyl (C=O) groups is 1. The normalized spacial score (nSPS) is 10.9. The fourth-order valence-corrected chi connectivity index (χ4v) is 2.75. The quantitative estimate of drug-likeness (QED) is 0.752. The summed E-state index contributed by atoms with van der Waals surface area (Å²) in [6.45, 7) is 3.42. The number of likely N-dealkylation sites (N-methyl/N-ethyl adjacent to an activating group) is 1. The SMILES string of the molecule is Cc1ccc(C(=O)CN(C)CCc2ccccc2)s1. The standard InChI is InChI=1S/C16H19NOS/c1-13-8-9-16(19-13)15(18)12-17(2)11-10-14-6-4-3-5-7-14/h3-9H,10-12H2,1-2H3. The lowest BCUT2D eigenvalue weighted by Crippen LogP contribution is -2.27. The minimum absolute atomic E-state index is 0.216. The van der Waals surface area contributed by atoms with Gasteiger partial charge >= 0.3 is 0 Å². The Morgan fingerprint density at radius 2 is 1.89 bits per heavy atom. The molecule has 0 saturated carbocycles. The van der Waals surface area contributed by atoms with E-state index < -0.39 is 0 Å². The van der Waals surface area contributed by atoms with Crippen molar-refractivity contribution in [3.8, 4) is 0 Å². The van der Waals surface area contributed by atoms with Gasteiger partial charge in [0.1, 0.15) is 0 Å². The van der Waals surface area contributed by atoms with E-state index in [4.69, 9.17) is 0 Å². The van der Waals surface area contributed by atoms with Crippen molar-refractivity contribution in [2.24, 2.45) is 0 Å². The van der Waals surface area contributed by atoms with E-state index in [-0.39, 0.29) is 5.78 Å². The molecule has 0 spiro atoms. The highest BCUT2D eigenvalue weighted by Crippen LogP contribution is 2.15. The first-order chi connectivity index (χ1) is 9.15. The molecule has 0 aliphatic rings. The highest BCUT2D eigenvalue weighted by atomic mass is 32.1. The summed E-state index contributed by atoms with van der Waals surface area (Å²) in [5.74, 6) is 0.216. The Labute approximate surface area is 118 Å². The fourth-order valence-electron chi connectivity index (χ4n) is 1.95.